The first-order valence-electron chi connectivity index (χ1n) is 29.5. The van der Waals surface area contributed by atoms with Gasteiger partial charge in [-0.2, -0.15) is 0 Å². The molecule has 10 heteroatoms. The highest BCUT2D eigenvalue weighted by Gasteiger charge is 2.21. The number of nitrogens with zero attached hydrogens (tertiary/aromatic N) is 1. The Bertz CT molecular complexity index is 1970. The van der Waals surface area contributed by atoms with E-state index in [0.717, 1.165) is 135 Å². The van der Waals surface area contributed by atoms with Crippen LogP contribution in [0.25, 0.3) is 0 Å². The van der Waals surface area contributed by atoms with E-state index in [1.165, 1.54) is 0 Å². The van der Waals surface area contributed by atoms with E-state index in [1.807, 2.05) is 27.2 Å². The van der Waals surface area contributed by atoms with Crippen molar-refractivity contribution in [2.75, 3.05) is 47.5 Å². The van der Waals surface area contributed by atoms with Crippen molar-refractivity contribution in [3.63, 3.8) is 0 Å². The molecule has 0 spiro atoms. The fourth-order valence-electron chi connectivity index (χ4n) is 6.95. The molecule has 0 aromatic rings. The van der Waals surface area contributed by atoms with Crippen molar-refractivity contribution in [2.24, 2.45) is 0 Å². The van der Waals surface area contributed by atoms with Gasteiger partial charge >= 0.3 is 11.9 Å². The van der Waals surface area contributed by atoms with E-state index in [9.17, 15) is 19.0 Å². The molecule has 0 aromatic carbocycles. The first-order chi connectivity index (χ1) is 38.0. The predicted molar refractivity (Wildman–Crippen MR) is 332 cm³/mol. The predicted octanol–water partition coefficient (Wildman–Crippen LogP) is 18.2. The van der Waals surface area contributed by atoms with Gasteiger partial charge in [-0.15, -0.1) is 0 Å². The standard InChI is InChI=1S/C68H106NO8P/c1-6-8-10-12-14-16-18-20-22-24-26-28-30-32-33-34-35-37-39-41-43-45-47-49-51-53-55-57-59-61-68(71)77-66(65-76-78(72,73)75-63-62-69(3,4)5)64-74-67(70)60-58-56-54-52-50-48-46-44-42-40-38-36-31-29-27-25-23-21-19-17-15-13-11-9-7-2/h8-11,14-17,20-23,26-29,32-33,35-38,41-44,47,49,53,55,66H,6-7,12-13,18-19,24-25,30-31,34,39-40,45-46,48,50-52,54,56-65H2,1-5H3/b10-8-,11-9-,16-14-,17-15-,22-20-,23-21-,28-26-,29-27-,33-32-,37-35-,38-36-,43-41-,44-42-,49-47-,55-53-. The van der Waals surface area contributed by atoms with E-state index in [1.54, 1.807) is 0 Å². The van der Waals surface area contributed by atoms with Crippen LogP contribution < -0.4 is 4.89 Å². The van der Waals surface area contributed by atoms with Crippen LogP contribution in [-0.4, -0.2) is 70.0 Å². The zero-order valence-electron chi connectivity index (χ0n) is 49.3. The molecule has 9 nitrogen and oxygen atoms in total. The van der Waals surface area contributed by atoms with Gasteiger partial charge in [0.2, 0.25) is 0 Å². The molecule has 0 rings (SSSR count). The second kappa shape index (κ2) is 56.8. The average Bonchev–Trinajstić information content (AvgIpc) is 3.41. The van der Waals surface area contributed by atoms with Gasteiger partial charge in [0, 0.05) is 12.8 Å². The van der Waals surface area contributed by atoms with E-state index in [-0.39, 0.29) is 26.1 Å². The zero-order chi connectivity index (χ0) is 57.0. The van der Waals surface area contributed by atoms with Gasteiger partial charge in [0.1, 0.15) is 19.8 Å². The Morgan fingerprint density at radius 3 is 1.06 bits per heavy atom. The number of quaternary nitrogens is 1. The second-order valence-electron chi connectivity index (χ2n) is 19.9. The molecule has 2 unspecified atom stereocenters. The average molecular weight is 1100 g/mol. The van der Waals surface area contributed by atoms with Gasteiger partial charge in [-0.05, 0) is 128 Å². The molecule has 0 aliphatic heterocycles. The van der Waals surface area contributed by atoms with Crippen molar-refractivity contribution < 1.29 is 42.1 Å². The molecule has 0 fully saturated rings. The molecule has 0 heterocycles. The van der Waals surface area contributed by atoms with Gasteiger partial charge < -0.3 is 27.9 Å². The van der Waals surface area contributed by atoms with Crippen LogP contribution in [0.2, 0.25) is 0 Å². The number of phosphoric ester groups is 1. The topological polar surface area (TPSA) is 111 Å². The summed E-state index contributed by atoms with van der Waals surface area (Å²) in [7, 11) is 1.09. The van der Waals surface area contributed by atoms with E-state index >= 15 is 0 Å². The summed E-state index contributed by atoms with van der Waals surface area (Å²) in [4.78, 5) is 37.9. The van der Waals surface area contributed by atoms with Crippen LogP contribution >= 0.6 is 7.82 Å². The molecular weight excluding hydrogens is 990 g/mol. The summed E-state index contributed by atoms with van der Waals surface area (Å²) < 4.78 is 34.1. The summed E-state index contributed by atoms with van der Waals surface area (Å²) in [6.45, 7) is 3.89. The Balaban J connectivity index is 4.38. The molecule has 0 saturated heterocycles. The highest BCUT2D eigenvalue weighted by molar-refractivity contribution is 7.45. The first kappa shape index (κ1) is 73.1. The van der Waals surface area contributed by atoms with Crippen LogP contribution in [0.3, 0.4) is 0 Å². The Morgan fingerprint density at radius 1 is 0.397 bits per heavy atom. The molecule has 0 N–H and O–H groups in total. The van der Waals surface area contributed by atoms with Gasteiger partial charge in [0.25, 0.3) is 7.82 Å². The third-order valence-corrected chi connectivity index (χ3v) is 12.4. The quantitative estimate of drug-likeness (QED) is 0.0195. The van der Waals surface area contributed by atoms with Crippen molar-refractivity contribution in [1.29, 1.82) is 0 Å². The van der Waals surface area contributed by atoms with E-state index < -0.39 is 32.5 Å². The van der Waals surface area contributed by atoms with Gasteiger partial charge in [-0.3, -0.25) is 14.2 Å². The SMILES string of the molecule is CC/C=C\C/C=C\C/C=C\C/C=C\C/C=C\C/C=C\C/C=C\C/C=C\C/C=C\CCCC(=O)OC(COC(=O)CCCCCCCC/C=C\C/C=C\C/C=C\C/C=C\C/C=C\C/C=C\CC)COP(=O)([O-])OCC[N+](C)(C)C. The van der Waals surface area contributed by atoms with Gasteiger partial charge in [0.05, 0.1) is 27.7 Å². The minimum Gasteiger partial charge on any atom is -0.756 e. The van der Waals surface area contributed by atoms with Crippen LogP contribution in [0, 0.1) is 0 Å². The number of carbonyl (C=O) groups excluding carboxylic acids is 2. The minimum atomic E-state index is -4.67. The Hall–Kier alpha value is -4.89. The van der Waals surface area contributed by atoms with Crippen molar-refractivity contribution in [3.8, 4) is 0 Å². The maximum absolute atomic E-state index is 12.8. The fourth-order valence-corrected chi connectivity index (χ4v) is 7.68. The lowest BCUT2D eigenvalue weighted by Gasteiger charge is -2.28. The number of rotatable bonds is 51. The molecule has 436 valence electrons. The smallest absolute Gasteiger partial charge is 0.306 e. The summed E-state index contributed by atoms with van der Waals surface area (Å²) in [5.74, 6) is -0.939. The number of esters is 2. The lowest BCUT2D eigenvalue weighted by Crippen LogP contribution is -2.37. The van der Waals surface area contributed by atoms with Crippen molar-refractivity contribution in [3.05, 3.63) is 182 Å². The summed E-state index contributed by atoms with van der Waals surface area (Å²) in [6, 6.07) is 0. The summed E-state index contributed by atoms with van der Waals surface area (Å²) in [5, 5.41) is 0. The van der Waals surface area contributed by atoms with Crippen molar-refractivity contribution in [2.45, 2.75) is 187 Å². The number of hydrogen-bond donors (Lipinski definition) is 0. The van der Waals surface area contributed by atoms with Crippen molar-refractivity contribution in [1.82, 2.24) is 0 Å². The summed E-state index contributed by atoms with van der Waals surface area (Å²) in [6.07, 6.45) is 88.0. The number of phosphoric acid groups is 1. The first-order valence-corrected chi connectivity index (χ1v) is 31.0. The highest BCUT2D eigenvalue weighted by Crippen LogP contribution is 2.38. The Labute approximate surface area is 476 Å². The largest absolute Gasteiger partial charge is 0.756 e. The molecular formula is C68H106NO8P. The van der Waals surface area contributed by atoms with E-state index in [4.69, 9.17) is 18.5 Å². The molecule has 0 aliphatic carbocycles. The number of allylic oxidation sites excluding steroid dienone is 30. The molecule has 0 aromatic heterocycles. The van der Waals surface area contributed by atoms with Crippen LogP contribution in [0.4, 0.5) is 0 Å². The molecule has 2 atom stereocenters. The number of likely N-dealkylation sites (N-methyl/N-ethyl adjacent to an activating group) is 1. The van der Waals surface area contributed by atoms with Crippen LogP contribution in [0.1, 0.15) is 181 Å². The van der Waals surface area contributed by atoms with E-state index in [2.05, 4.69) is 190 Å². The van der Waals surface area contributed by atoms with Crippen LogP contribution in [0.15, 0.2) is 182 Å². The zero-order valence-corrected chi connectivity index (χ0v) is 50.2. The molecule has 0 saturated carbocycles. The third kappa shape index (κ3) is 60.3. The number of carbonyl (C=O) groups is 2. The summed E-state index contributed by atoms with van der Waals surface area (Å²) in [5.41, 5.74) is 0. The van der Waals surface area contributed by atoms with E-state index in [0.29, 0.717) is 30.3 Å². The maximum Gasteiger partial charge on any atom is 0.306 e. The Morgan fingerprint density at radius 2 is 0.705 bits per heavy atom. The fraction of sp³-hybridized carbons (Fsp3) is 0.529. The maximum atomic E-state index is 12.8. The Kier molecular flexibility index (Phi) is 53.3. The number of unbranched alkanes of at least 4 members (excludes halogenated alkanes) is 7. The number of hydrogen-bond acceptors (Lipinski definition) is 8. The van der Waals surface area contributed by atoms with Gasteiger partial charge in [0.15, 0.2) is 6.10 Å². The van der Waals surface area contributed by atoms with Crippen LogP contribution in [0.5, 0.6) is 0 Å². The molecule has 0 bridgehead atoms. The second-order valence-corrected chi connectivity index (χ2v) is 21.3. The molecule has 0 radical (unpaired) electrons. The number of ether oxygens (including phenoxy) is 2. The van der Waals surface area contributed by atoms with Crippen LogP contribution in [-0.2, 0) is 32.7 Å². The van der Waals surface area contributed by atoms with Crippen molar-refractivity contribution >= 4 is 19.8 Å². The summed E-state index contributed by atoms with van der Waals surface area (Å²) >= 11 is 0. The molecule has 78 heavy (non-hydrogen) atoms. The van der Waals surface area contributed by atoms with Gasteiger partial charge in [-0.1, -0.05) is 222 Å². The van der Waals surface area contributed by atoms with Gasteiger partial charge in [-0.25, -0.2) is 0 Å². The molecule has 0 aliphatic rings. The highest BCUT2D eigenvalue weighted by atomic mass is 31.2. The lowest BCUT2D eigenvalue weighted by molar-refractivity contribution is -0.870. The minimum absolute atomic E-state index is 0.0563. The monoisotopic (exact) mass is 1100 g/mol. The normalized spacial score (nSPS) is 14.6. The lowest BCUT2D eigenvalue weighted by atomic mass is 10.1. The molecule has 0 amide bonds. The third-order valence-electron chi connectivity index (χ3n) is 11.4.